The molecule has 1 aliphatic rings. The highest BCUT2D eigenvalue weighted by Gasteiger charge is 2.19. The quantitative estimate of drug-likeness (QED) is 0.748. The molecule has 0 saturated heterocycles. The lowest BCUT2D eigenvalue weighted by molar-refractivity contribution is 0.140. The molecule has 0 aliphatic heterocycles. The van der Waals surface area contributed by atoms with Gasteiger partial charge in [0.1, 0.15) is 0 Å². The Morgan fingerprint density at radius 1 is 1.35 bits per heavy atom. The summed E-state index contributed by atoms with van der Waals surface area (Å²) in [5.41, 5.74) is 0.676. The molecule has 0 radical (unpaired) electrons. The molecule has 130 valence electrons. The van der Waals surface area contributed by atoms with Crippen molar-refractivity contribution in [2.24, 2.45) is 0 Å². The summed E-state index contributed by atoms with van der Waals surface area (Å²) in [7, 11) is 2.14. The molecule has 0 aromatic carbocycles. The van der Waals surface area contributed by atoms with E-state index in [1.807, 2.05) is 11.5 Å². The maximum Gasteiger partial charge on any atom is 0.223 e. The Morgan fingerprint density at radius 2 is 2.09 bits per heavy atom. The molecule has 1 fully saturated rings. The van der Waals surface area contributed by atoms with Crippen molar-refractivity contribution in [1.82, 2.24) is 9.47 Å². The van der Waals surface area contributed by atoms with Crippen LogP contribution in [0.25, 0.3) is 0 Å². The molecule has 0 amide bonds. The molecule has 5 nitrogen and oxygen atoms in total. The molecule has 1 saturated carbocycles. The molecule has 0 bridgehead atoms. The Bertz CT molecular complexity index is 536. The highest BCUT2D eigenvalue weighted by atomic mass is 16.5. The van der Waals surface area contributed by atoms with Crippen molar-refractivity contribution < 1.29 is 9.84 Å². The zero-order valence-corrected chi connectivity index (χ0v) is 14.5. The van der Waals surface area contributed by atoms with Gasteiger partial charge in [-0.15, -0.1) is 0 Å². The number of ether oxygens (including phenoxy) is 1. The Kier molecular flexibility index (Phi) is 7.12. The third kappa shape index (κ3) is 5.36. The molecule has 2 rings (SSSR count). The fourth-order valence-electron chi connectivity index (χ4n) is 3.33. The molecule has 0 atom stereocenters. The first-order valence-electron chi connectivity index (χ1n) is 8.82. The standard InChI is InChI=1S/C18H30N2O3/c1-3-23-11-7-10-20-14-18(22)17(21)12-16(20)13-19(2)15-8-5-4-6-9-15/h12,14-15,22H,3-11,13H2,1-2H3. The second-order valence-electron chi connectivity index (χ2n) is 6.47. The Morgan fingerprint density at radius 3 is 2.78 bits per heavy atom. The Labute approximate surface area is 138 Å². The highest BCUT2D eigenvalue weighted by Crippen LogP contribution is 2.23. The van der Waals surface area contributed by atoms with Gasteiger partial charge in [0, 0.05) is 44.1 Å². The Balaban J connectivity index is 2.05. The van der Waals surface area contributed by atoms with Crippen LogP contribution < -0.4 is 5.43 Å². The monoisotopic (exact) mass is 322 g/mol. The maximum atomic E-state index is 11.8. The van der Waals surface area contributed by atoms with E-state index in [1.165, 1.54) is 32.1 Å². The molecule has 1 heterocycles. The topological polar surface area (TPSA) is 54.7 Å². The molecule has 5 heteroatoms. The summed E-state index contributed by atoms with van der Waals surface area (Å²) >= 11 is 0. The third-order valence-electron chi connectivity index (χ3n) is 4.70. The zero-order chi connectivity index (χ0) is 16.7. The molecular weight excluding hydrogens is 292 g/mol. The molecule has 1 N–H and O–H groups in total. The molecule has 23 heavy (non-hydrogen) atoms. The fourth-order valence-corrected chi connectivity index (χ4v) is 3.33. The van der Waals surface area contributed by atoms with E-state index in [0.29, 0.717) is 19.3 Å². The van der Waals surface area contributed by atoms with Gasteiger partial charge in [0.25, 0.3) is 0 Å². The SMILES string of the molecule is CCOCCCn1cc(O)c(=O)cc1CN(C)C1CCCCC1. The van der Waals surface area contributed by atoms with E-state index < -0.39 is 0 Å². The van der Waals surface area contributed by atoms with Crippen LogP contribution in [0.3, 0.4) is 0 Å². The largest absolute Gasteiger partial charge is 0.503 e. The van der Waals surface area contributed by atoms with Crippen molar-refractivity contribution in [3.05, 3.63) is 28.2 Å². The van der Waals surface area contributed by atoms with Crippen LogP contribution in [0.4, 0.5) is 0 Å². The van der Waals surface area contributed by atoms with Gasteiger partial charge in [-0.3, -0.25) is 9.69 Å². The van der Waals surface area contributed by atoms with Crippen LogP contribution >= 0.6 is 0 Å². The predicted octanol–water partition coefficient (Wildman–Crippen LogP) is 2.75. The van der Waals surface area contributed by atoms with Gasteiger partial charge in [-0.05, 0) is 33.2 Å². The van der Waals surface area contributed by atoms with Crippen LogP contribution in [0.2, 0.25) is 0 Å². The minimum atomic E-state index is -0.293. The number of aromatic nitrogens is 1. The van der Waals surface area contributed by atoms with Crippen molar-refractivity contribution in [2.45, 2.75) is 64.6 Å². The van der Waals surface area contributed by atoms with Gasteiger partial charge >= 0.3 is 0 Å². The van der Waals surface area contributed by atoms with E-state index in [1.54, 1.807) is 12.3 Å². The van der Waals surface area contributed by atoms with Crippen LogP contribution in [0.1, 0.15) is 51.1 Å². The van der Waals surface area contributed by atoms with Crippen molar-refractivity contribution in [3.8, 4) is 5.75 Å². The summed E-state index contributed by atoms with van der Waals surface area (Å²) in [6, 6.07) is 2.18. The van der Waals surface area contributed by atoms with Gasteiger partial charge in [-0.25, -0.2) is 0 Å². The van der Waals surface area contributed by atoms with Crippen molar-refractivity contribution in [3.63, 3.8) is 0 Å². The average Bonchev–Trinajstić information content (AvgIpc) is 2.56. The molecule has 0 spiro atoms. The van der Waals surface area contributed by atoms with Crippen LogP contribution in [0.15, 0.2) is 17.1 Å². The summed E-state index contributed by atoms with van der Waals surface area (Å²) in [5, 5.41) is 9.73. The summed E-state index contributed by atoms with van der Waals surface area (Å²) in [6.45, 7) is 4.89. The van der Waals surface area contributed by atoms with E-state index in [2.05, 4.69) is 11.9 Å². The lowest BCUT2D eigenvalue weighted by Gasteiger charge is -2.31. The number of pyridine rings is 1. The van der Waals surface area contributed by atoms with E-state index in [4.69, 9.17) is 4.74 Å². The second-order valence-corrected chi connectivity index (χ2v) is 6.47. The molecule has 1 aromatic heterocycles. The minimum absolute atomic E-state index is 0.175. The van der Waals surface area contributed by atoms with E-state index in [0.717, 1.165) is 25.2 Å². The third-order valence-corrected chi connectivity index (χ3v) is 4.70. The van der Waals surface area contributed by atoms with Crippen LogP contribution in [0.5, 0.6) is 5.75 Å². The van der Waals surface area contributed by atoms with E-state index in [9.17, 15) is 9.90 Å². The second kappa shape index (κ2) is 9.08. The zero-order valence-electron chi connectivity index (χ0n) is 14.5. The van der Waals surface area contributed by atoms with Crippen LogP contribution in [-0.2, 0) is 17.8 Å². The normalized spacial score (nSPS) is 16.1. The number of aromatic hydroxyl groups is 1. The average molecular weight is 322 g/mol. The van der Waals surface area contributed by atoms with Gasteiger partial charge in [0.15, 0.2) is 5.75 Å². The van der Waals surface area contributed by atoms with Crippen LogP contribution in [0, 0.1) is 0 Å². The first-order valence-corrected chi connectivity index (χ1v) is 8.82. The van der Waals surface area contributed by atoms with Gasteiger partial charge in [-0.2, -0.15) is 0 Å². The van der Waals surface area contributed by atoms with Gasteiger partial charge in [0.2, 0.25) is 5.43 Å². The smallest absolute Gasteiger partial charge is 0.223 e. The first kappa shape index (κ1) is 18.0. The number of hydrogen-bond donors (Lipinski definition) is 1. The van der Waals surface area contributed by atoms with Crippen molar-refractivity contribution >= 4 is 0 Å². The molecule has 1 aliphatic carbocycles. The lowest BCUT2D eigenvalue weighted by Crippen LogP contribution is -2.34. The van der Waals surface area contributed by atoms with Crippen molar-refractivity contribution in [2.75, 3.05) is 20.3 Å². The summed E-state index contributed by atoms with van der Waals surface area (Å²) in [6.07, 6.45) is 8.85. The fraction of sp³-hybridized carbons (Fsp3) is 0.722. The molecule has 0 unspecified atom stereocenters. The van der Waals surface area contributed by atoms with Gasteiger partial charge in [0.05, 0.1) is 6.20 Å². The van der Waals surface area contributed by atoms with E-state index in [-0.39, 0.29) is 11.2 Å². The minimum Gasteiger partial charge on any atom is -0.503 e. The number of nitrogens with zero attached hydrogens (tertiary/aromatic N) is 2. The Hall–Kier alpha value is -1.33. The predicted molar refractivity (Wildman–Crippen MR) is 91.8 cm³/mol. The van der Waals surface area contributed by atoms with E-state index >= 15 is 0 Å². The van der Waals surface area contributed by atoms with Gasteiger partial charge < -0.3 is 14.4 Å². The number of rotatable bonds is 8. The molecule has 1 aromatic rings. The van der Waals surface area contributed by atoms with Gasteiger partial charge in [-0.1, -0.05) is 19.3 Å². The summed E-state index contributed by atoms with van der Waals surface area (Å²) < 4.78 is 7.37. The van der Waals surface area contributed by atoms with Crippen molar-refractivity contribution in [1.29, 1.82) is 0 Å². The summed E-state index contributed by atoms with van der Waals surface area (Å²) in [4.78, 5) is 14.2. The number of aryl methyl sites for hydroxylation is 1. The maximum absolute atomic E-state index is 11.8. The molecular formula is C18H30N2O3. The number of hydrogen-bond acceptors (Lipinski definition) is 4. The van der Waals surface area contributed by atoms with Crippen LogP contribution in [-0.4, -0.2) is 40.9 Å². The highest BCUT2D eigenvalue weighted by molar-refractivity contribution is 5.20. The lowest BCUT2D eigenvalue weighted by atomic mass is 9.94. The summed E-state index contributed by atoms with van der Waals surface area (Å²) in [5.74, 6) is -0.175. The first-order chi connectivity index (χ1) is 11.1.